The Morgan fingerprint density at radius 3 is 3.11 bits per heavy atom. The predicted molar refractivity (Wildman–Crippen MR) is 74.1 cm³/mol. The van der Waals surface area contributed by atoms with Crippen molar-refractivity contribution in [1.29, 1.82) is 0 Å². The van der Waals surface area contributed by atoms with E-state index >= 15 is 0 Å². The number of aromatic nitrogens is 3. The summed E-state index contributed by atoms with van der Waals surface area (Å²) in [4.78, 5) is 11.2. The van der Waals surface area contributed by atoms with Gasteiger partial charge in [0.05, 0.1) is 30.6 Å². The largest absolute Gasteiger partial charge is 0.373 e. The molecule has 2 atom stereocenters. The van der Waals surface area contributed by atoms with Gasteiger partial charge in [0.2, 0.25) is 0 Å². The molecule has 2 aromatic rings. The Morgan fingerprint density at radius 2 is 2.32 bits per heavy atom. The molecular weight excluding hydrogens is 242 g/mol. The number of hydrogen-bond acceptors (Lipinski definition) is 5. The van der Waals surface area contributed by atoms with Crippen LogP contribution in [0.4, 0.5) is 5.82 Å². The number of hydrogen-bond donors (Lipinski definition) is 1. The van der Waals surface area contributed by atoms with E-state index < -0.39 is 0 Å². The van der Waals surface area contributed by atoms with Gasteiger partial charge in [-0.15, -0.1) is 0 Å². The Bertz CT molecular complexity index is 581. The van der Waals surface area contributed by atoms with Gasteiger partial charge in [0.1, 0.15) is 5.52 Å². The van der Waals surface area contributed by atoms with Gasteiger partial charge in [-0.05, 0) is 13.0 Å². The summed E-state index contributed by atoms with van der Waals surface area (Å²) in [5.41, 5.74) is 7.74. The summed E-state index contributed by atoms with van der Waals surface area (Å²) in [6.45, 7) is 4.10. The number of rotatable bonds is 2. The molecule has 0 spiro atoms. The highest BCUT2D eigenvalue weighted by molar-refractivity contribution is 5.86. The van der Waals surface area contributed by atoms with Crippen LogP contribution in [0.2, 0.25) is 0 Å². The second kappa shape index (κ2) is 4.79. The maximum Gasteiger partial charge on any atom is 0.157 e. The summed E-state index contributed by atoms with van der Waals surface area (Å²) in [7, 11) is 1.99. The van der Waals surface area contributed by atoms with Crippen molar-refractivity contribution in [2.24, 2.45) is 12.8 Å². The lowest BCUT2D eigenvalue weighted by Crippen LogP contribution is -2.51. The van der Waals surface area contributed by atoms with Gasteiger partial charge in [-0.1, -0.05) is 0 Å². The van der Waals surface area contributed by atoms with Crippen molar-refractivity contribution in [2.75, 3.05) is 24.6 Å². The van der Waals surface area contributed by atoms with E-state index in [0.29, 0.717) is 13.2 Å². The van der Waals surface area contributed by atoms with Gasteiger partial charge < -0.3 is 19.9 Å². The Balaban J connectivity index is 2.02. The third-order valence-corrected chi connectivity index (χ3v) is 3.66. The highest BCUT2D eigenvalue weighted by Crippen LogP contribution is 2.26. The first-order chi connectivity index (χ1) is 9.20. The number of nitrogens with zero attached hydrogens (tertiary/aromatic N) is 4. The molecule has 2 unspecified atom stereocenters. The van der Waals surface area contributed by atoms with Crippen molar-refractivity contribution in [3.05, 3.63) is 18.6 Å². The third kappa shape index (κ3) is 2.06. The van der Waals surface area contributed by atoms with Crippen molar-refractivity contribution >= 4 is 16.9 Å². The minimum atomic E-state index is 0.0666. The minimum absolute atomic E-state index is 0.0666. The van der Waals surface area contributed by atoms with Gasteiger partial charge in [-0.25, -0.2) is 9.97 Å². The van der Waals surface area contributed by atoms with E-state index in [1.165, 1.54) is 0 Å². The number of nitrogens with two attached hydrogens (primary N) is 1. The maximum absolute atomic E-state index is 5.71. The minimum Gasteiger partial charge on any atom is -0.373 e. The van der Waals surface area contributed by atoms with Crippen LogP contribution >= 0.6 is 0 Å². The fourth-order valence-electron chi connectivity index (χ4n) is 2.51. The number of fused-ring (bicyclic) bond motifs is 1. The molecule has 6 heteroatoms. The zero-order valence-electron chi connectivity index (χ0n) is 11.3. The molecule has 1 aliphatic rings. The molecule has 1 fully saturated rings. The SMILES string of the molecule is CC1COC(CN)CN1c1nccc2c1ncn2C. The fraction of sp³-hybridized carbons (Fsp3) is 0.538. The maximum atomic E-state index is 5.71. The summed E-state index contributed by atoms with van der Waals surface area (Å²) in [6.07, 6.45) is 3.72. The molecule has 3 rings (SSSR count). The molecule has 0 bridgehead atoms. The van der Waals surface area contributed by atoms with Crippen molar-refractivity contribution in [3.63, 3.8) is 0 Å². The van der Waals surface area contributed by atoms with E-state index in [4.69, 9.17) is 10.5 Å². The summed E-state index contributed by atoms with van der Waals surface area (Å²) >= 11 is 0. The highest BCUT2D eigenvalue weighted by atomic mass is 16.5. The lowest BCUT2D eigenvalue weighted by molar-refractivity contribution is 0.0281. The quantitative estimate of drug-likeness (QED) is 0.853. The van der Waals surface area contributed by atoms with E-state index in [1.807, 2.05) is 30.2 Å². The zero-order chi connectivity index (χ0) is 13.4. The molecule has 1 aliphatic heterocycles. The van der Waals surface area contributed by atoms with Crippen molar-refractivity contribution in [1.82, 2.24) is 14.5 Å². The number of imidazole rings is 1. The summed E-state index contributed by atoms with van der Waals surface area (Å²) in [5.74, 6) is 0.923. The Hall–Kier alpha value is -1.66. The first kappa shape index (κ1) is 12.4. The first-order valence-electron chi connectivity index (χ1n) is 6.55. The fourth-order valence-corrected chi connectivity index (χ4v) is 2.51. The number of aryl methyl sites for hydroxylation is 1. The van der Waals surface area contributed by atoms with Crippen LogP contribution in [0.15, 0.2) is 18.6 Å². The number of pyridine rings is 1. The molecule has 0 amide bonds. The summed E-state index contributed by atoms with van der Waals surface area (Å²) < 4.78 is 7.69. The van der Waals surface area contributed by atoms with Crippen molar-refractivity contribution in [2.45, 2.75) is 19.1 Å². The zero-order valence-corrected chi connectivity index (χ0v) is 11.3. The Labute approximate surface area is 112 Å². The van der Waals surface area contributed by atoms with Gasteiger partial charge in [0.15, 0.2) is 5.82 Å². The van der Waals surface area contributed by atoms with Crippen LogP contribution < -0.4 is 10.6 Å². The number of anilines is 1. The highest BCUT2D eigenvalue weighted by Gasteiger charge is 2.28. The first-order valence-corrected chi connectivity index (χ1v) is 6.55. The van der Waals surface area contributed by atoms with Crippen LogP contribution in [0.25, 0.3) is 11.0 Å². The lowest BCUT2D eigenvalue weighted by Gasteiger charge is -2.38. The van der Waals surface area contributed by atoms with Crippen LogP contribution in [0, 0.1) is 0 Å². The molecule has 6 nitrogen and oxygen atoms in total. The normalized spacial score (nSPS) is 24.1. The summed E-state index contributed by atoms with van der Waals surface area (Å²) in [6, 6.07) is 2.26. The molecule has 19 heavy (non-hydrogen) atoms. The van der Waals surface area contributed by atoms with E-state index in [2.05, 4.69) is 21.8 Å². The molecule has 2 N–H and O–H groups in total. The second-order valence-electron chi connectivity index (χ2n) is 5.05. The van der Waals surface area contributed by atoms with Gasteiger partial charge in [-0.3, -0.25) is 0 Å². The van der Waals surface area contributed by atoms with E-state index in [1.54, 1.807) is 0 Å². The molecule has 2 aromatic heterocycles. The van der Waals surface area contributed by atoms with Crippen molar-refractivity contribution in [3.8, 4) is 0 Å². The summed E-state index contributed by atoms with van der Waals surface area (Å²) in [5, 5.41) is 0. The Morgan fingerprint density at radius 1 is 1.47 bits per heavy atom. The van der Waals surface area contributed by atoms with Gasteiger partial charge in [0, 0.05) is 26.3 Å². The van der Waals surface area contributed by atoms with Crippen LogP contribution in [-0.4, -0.2) is 46.4 Å². The molecule has 0 radical (unpaired) electrons. The van der Waals surface area contributed by atoms with Gasteiger partial charge >= 0.3 is 0 Å². The molecule has 0 aromatic carbocycles. The average molecular weight is 261 g/mol. The monoisotopic (exact) mass is 261 g/mol. The van der Waals surface area contributed by atoms with Crippen LogP contribution in [0.1, 0.15) is 6.92 Å². The molecule has 102 valence electrons. The van der Waals surface area contributed by atoms with Crippen LogP contribution in [0.3, 0.4) is 0 Å². The molecule has 3 heterocycles. The number of morpholine rings is 1. The molecular formula is C13H19N5O. The van der Waals surface area contributed by atoms with E-state index in [0.717, 1.165) is 23.4 Å². The van der Waals surface area contributed by atoms with Crippen molar-refractivity contribution < 1.29 is 4.74 Å². The Kier molecular flexibility index (Phi) is 3.12. The average Bonchev–Trinajstić information content (AvgIpc) is 2.81. The van der Waals surface area contributed by atoms with Gasteiger partial charge in [0.25, 0.3) is 0 Å². The third-order valence-electron chi connectivity index (χ3n) is 3.66. The lowest BCUT2D eigenvalue weighted by atomic mass is 10.2. The van der Waals surface area contributed by atoms with E-state index in [-0.39, 0.29) is 12.1 Å². The van der Waals surface area contributed by atoms with Crippen LogP contribution in [-0.2, 0) is 11.8 Å². The van der Waals surface area contributed by atoms with Gasteiger partial charge in [-0.2, -0.15) is 0 Å². The topological polar surface area (TPSA) is 69.2 Å². The predicted octanol–water partition coefficient (Wildman–Crippen LogP) is 0.521. The smallest absolute Gasteiger partial charge is 0.157 e. The molecule has 0 saturated carbocycles. The standard InChI is InChI=1S/C13H19N5O/c1-9-7-19-10(5-14)6-18(9)13-12-11(3-4-15-13)17(2)8-16-12/h3-4,8-10H,5-7,14H2,1-2H3. The number of ether oxygens (including phenoxy) is 1. The van der Waals surface area contributed by atoms with E-state index in [9.17, 15) is 0 Å². The van der Waals surface area contributed by atoms with Crippen LogP contribution in [0.5, 0.6) is 0 Å². The molecule has 1 saturated heterocycles. The molecule has 0 aliphatic carbocycles. The second-order valence-corrected chi connectivity index (χ2v) is 5.05.